The molecule has 0 saturated heterocycles. The fourth-order valence-electron chi connectivity index (χ4n) is 2.10. The molecule has 0 fully saturated rings. The molecular formula is C16H27NO. The van der Waals surface area contributed by atoms with Crippen molar-refractivity contribution in [1.29, 1.82) is 0 Å². The highest BCUT2D eigenvalue weighted by Gasteiger charge is 2.11. The lowest BCUT2D eigenvalue weighted by molar-refractivity contribution is 0.138. The van der Waals surface area contributed by atoms with Crippen LogP contribution >= 0.6 is 0 Å². The molecule has 0 radical (unpaired) electrons. The molecule has 0 bridgehead atoms. The van der Waals surface area contributed by atoms with Gasteiger partial charge in [0.05, 0.1) is 6.10 Å². The Balaban J connectivity index is 2.38. The summed E-state index contributed by atoms with van der Waals surface area (Å²) >= 11 is 0. The van der Waals surface area contributed by atoms with Crippen LogP contribution in [0.15, 0.2) is 30.3 Å². The maximum Gasteiger partial charge on any atom is 0.0802 e. The second-order valence-corrected chi connectivity index (χ2v) is 5.12. The van der Waals surface area contributed by atoms with Gasteiger partial charge in [-0.05, 0) is 24.4 Å². The summed E-state index contributed by atoms with van der Waals surface area (Å²) in [5, 5.41) is 10.1. The topological polar surface area (TPSA) is 23.5 Å². The Hall–Kier alpha value is -0.860. The minimum atomic E-state index is -0.336. The van der Waals surface area contributed by atoms with Gasteiger partial charge in [0.2, 0.25) is 0 Å². The van der Waals surface area contributed by atoms with Gasteiger partial charge in [0.25, 0.3) is 0 Å². The molecule has 2 heteroatoms. The van der Waals surface area contributed by atoms with Crippen LogP contribution in [-0.2, 0) is 0 Å². The molecule has 0 spiro atoms. The monoisotopic (exact) mass is 249 g/mol. The van der Waals surface area contributed by atoms with E-state index >= 15 is 0 Å². The highest BCUT2D eigenvalue weighted by molar-refractivity contribution is 5.17. The van der Waals surface area contributed by atoms with E-state index in [-0.39, 0.29) is 6.10 Å². The summed E-state index contributed by atoms with van der Waals surface area (Å²) < 4.78 is 0. The molecule has 0 heterocycles. The van der Waals surface area contributed by atoms with E-state index in [0.717, 1.165) is 37.5 Å². The highest BCUT2D eigenvalue weighted by Crippen LogP contribution is 2.16. The Labute approximate surface area is 112 Å². The van der Waals surface area contributed by atoms with Crippen molar-refractivity contribution in [3.8, 4) is 0 Å². The summed E-state index contributed by atoms with van der Waals surface area (Å²) in [5.74, 6) is 0.735. The number of aliphatic hydroxyl groups excluding tert-OH is 1. The largest absolute Gasteiger partial charge is 0.388 e. The Kier molecular flexibility index (Phi) is 6.99. The predicted octanol–water partition coefficient (Wildman–Crippen LogP) is 3.48. The number of hydrogen-bond donors (Lipinski definition) is 1. The van der Waals surface area contributed by atoms with Gasteiger partial charge in [0, 0.05) is 13.1 Å². The number of aliphatic hydroxyl groups is 1. The summed E-state index contributed by atoms with van der Waals surface area (Å²) in [6.07, 6.45) is 1.70. The van der Waals surface area contributed by atoms with Crippen LogP contribution in [0.2, 0.25) is 0 Å². The van der Waals surface area contributed by atoms with E-state index < -0.39 is 0 Å². The summed E-state index contributed by atoms with van der Waals surface area (Å²) in [6, 6.07) is 9.94. The van der Waals surface area contributed by atoms with Crippen molar-refractivity contribution in [3.05, 3.63) is 35.9 Å². The van der Waals surface area contributed by atoms with Gasteiger partial charge in [-0.2, -0.15) is 0 Å². The van der Waals surface area contributed by atoms with Crippen LogP contribution in [0.25, 0.3) is 0 Å². The molecule has 1 aromatic rings. The summed E-state index contributed by atoms with van der Waals surface area (Å²) in [5.41, 5.74) is 1.03. The van der Waals surface area contributed by atoms with Crippen molar-refractivity contribution < 1.29 is 5.11 Å². The molecule has 0 aliphatic heterocycles. The first-order valence-electron chi connectivity index (χ1n) is 7.12. The maximum absolute atomic E-state index is 10.1. The Morgan fingerprint density at radius 2 is 1.83 bits per heavy atom. The molecule has 2 nitrogen and oxygen atoms in total. The number of hydrogen-bond acceptors (Lipinski definition) is 2. The normalized spacial score (nSPS) is 14.7. The van der Waals surface area contributed by atoms with E-state index in [4.69, 9.17) is 0 Å². The molecule has 1 N–H and O–H groups in total. The summed E-state index contributed by atoms with van der Waals surface area (Å²) in [4.78, 5) is 2.43. The standard InChI is InChI=1S/C16H27NO/c1-4-14(3)13-17(5-2)12-11-16(18)15-9-7-6-8-10-15/h6-10,14,16,18H,4-5,11-13H2,1-3H3. The first-order valence-corrected chi connectivity index (χ1v) is 7.12. The lowest BCUT2D eigenvalue weighted by Gasteiger charge is -2.24. The zero-order valence-electron chi connectivity index (χ0n) is 12.0. The van der Waals surface area contributed by atoms with Crippen LogP contribution in [-0.4, -0.2) is 29.6 Å². The minimum absolute atomic E-state index is 0.336. The number of benzene rings is 1. The van der Waals surface area contributed by atoms with Crippen molar-refractivity contribution in [1.82, 2.24) is 4.90 Å². The second-order valence-electron chi connectivity index (χ2n) is 5.12. The first-order chi connectivity index (χ1) is 8.67. The summed E-state index contributed by atoms with van der Waals surface area (Å²) in [7, 11) is 0. The highest BCUT2D eigenvalue weighted by atomic mass is 16.3. The van der Waals surface area contributed by atoms with Crippen molar-refractivity contribution in [2.45, 2.75) is 39.7 Å². The van der Waals surface area contributed by atoms with Gasteiger partial charge in [0.1, 0.15) is 0 Å². The van der Waals surface area contributed by atoms with E-state index in [1.165, 1.54) is 6.42 Å². The zero-order valence-corrected chi connectivity index (χ0v) is 12.0. The number of nitrogens with zero attached hydrogens (tertiary/aromatic N) is 1. The van der Waals surface area contributed by atoms with Gasteiger partial charge >= 0.3 is 0 Å². The average Bonchev–Trinajstić information content (AvgIpc) is 2.43. The molecule has 0 aliphatic rings. The molecule has 1 rings (SSSR count). The SMILES string of the molecule is CCC(C)CN(CC)CCC(O)c1ccccc1. The molecule has 0 saturated carbocycles. The predicted molar refractivity (Wildman–Crippen MR) is 77.6 cm³/mol. The Bertz CT molecular complexity index is 312. The van der Waals surface area contributed by atoms with Gasteiger partial charge in [0.15, 0.2) is 0 Å². The lowest BCUT2D eigenvalue weighted by atomic mass is 10.1. The minimum Gasteiger partial charge on any atom is -0.388 e. The zero-order chi connectivity index (χ0) is 13.4. The third kappa shape index (κ3) is 5.19. The van der Waals surface area contributed by atoms with Crippen LogP contribution in [0.3, 0.4) is 0 Å². The second kappa shape index (κ2) is 8.28. The lowest BCUT2D eigenvalue weighted by Crippen LogP contribution is -2.30. The van der Waals surface area contributed by atoms with Gasteiger partial charge in [-0.3, -0.25) is 0 Å². The maximum atomic E-state index is 10.1. The smallest absolute Gasteiger partial charge is 0.0802 e. The van der Waals surface area contributed by atoms with Gasteiger partial charge in [-0.1, -0.05) is 57.5 Å². The molecule has 0 aliphatic carbocycles. The van der Waals surface area contributed by atoms with Crippen molar-refractivity contribution >= 4 is 0 Å². The van der Waals surface area contributed by atoms with E-state index in [1.807, 2.05) is 30.3 Å². The van der Waals surface area contributed by atoms with Crippen molar-refractivity contribution in [3.63, 3.8) is 0 Å². The van der Waals surface area contributed by atoms with Gasteiger partial charge < -0.3 is 10.0 Å². The summed E-state index contributed by atoms with van der Waals surface area (Å²) in [6.45, 7) is 9.88. The van der Waals surface area contributed by atoms with E-state index in [1.54, 1.807) is 0 Å². The third-order valence-electron chi connectivity index (χ3n) is 3.62. The molecule has 102 valence electrons. The molecular weight excluding hydrogens is 222 g/mol. The van der Waals surface area contributed by atoms with Crippen molar-refractivity contribution in [2.75, 3.05) is 19.6 Å². The van der Waals surface area contributed by atoms with Crippen LogP contribution in [0.1, 0.15) is 45.3 Å². The fraction of sp³-hybridized carbons (Fsp3) is 0.625. The van der Waals surface area contributed by atoms with E-state index in [2.05, 4.69) is 25.7 Å². The van der Waals surface area contributed by atoms with Gasteiger partial charge in [-0.25, -0.2) is 0 Å². The van der Waals surface area contributed by atoms with Crippen LogP contribution in [0.5, 0.6) is 0 Å². The molecule has 1 aromatic carbocycles. The quantitative estimate of drug-likeness (QED) is 0.762. The molecule has 18 heavy (non-hydrogen) atoms. The molecule has 2 atom stereocenters. The Morgan fingerprint density at radius 3 is 2.39 bits per heavy atom. The molecule has 2 unspecified atom stereocenters. The first kappa shape index (κ1) is 15.2. The third-order valence-corrected chi connectivity index (χ3v) is 3.62. The average molecular weight is 249 g/mol. The van der Waals surface area contributed by atoms with E-state index in [9.17, 15) is 5.11 Å². The van der Waals surface area contributed by atoms with Crippen LogP contribution in [0, 0.1) is 5.92 Å². The molecule has 0 aromatic heterocycles. The van der Waals surface area contributed by atoms with Crippen LogP contribution in [0.4, 0.5) is 0 Å². The molecule has 0 amide bonds. The Morgan fingerprint density at radius 1 is 1.17 bits per heavy atom. The fourth-order valence-corrected chi connectivity index (χ4v) is 2.10. The van der Waals surface area contributed by atoms with Gasteiger partial charge in [-0.15, -0.1) is 0 Å². The van der Waals surface area contributed by atoms with E-state index in [0.29, 0.717) is 0 Å². The van der Waals surface area contributed by atoms with Crippen molar-refractivity contribution in [2.24, 2.45) is 5.92 Å². The van der Waals surface area contributed by atoms with Crippen LogP contribution < -0.4 is 0 Å². The number of rotatable bonds is 8.